The van der Waals surface area contributed by atoms with Crippen LogP contribution in [0.4, 0.5) is 10.2 Å². The molecule has 2 heterocycles. The molecule has 1 aliphatic carbocycles. The van der Waals surface area contributed by atoms with E-state index in [0.29, 0.717) is 43.7 Å². The third-order valence-electron chi connectivity index (χ3n) is 3.65. The van der Waals surface area contributed by atoms with Crippen molar-refractivity contribution in [3.8, 4) is 0 Å². The summed E-state index contributed by atoms with van der Waals surface area (Å²) in [5.74, 6) is 0.273. The molecule has 104 valence electrons. The first kappa shape index (κ1) is 12.8. The van der Waals surface area contributed by atoms with E-state index in [4.69, 9.17) is 4.74 Å². The van der Waals surface area contributed by atoms with Crippen molar-refractivity contribution in [3.05, 3.63) is 23.6 Å². The smallest absolute Gasteiger partial charge is 0.170 e. The first-order chi connectivity index (χ1) is 9.24. The van der Waals surface area contributed by atoms with Gasteiger partial charge < -0.3 is 15.0 Å². The second kappa shape index (κ2) is 5.43. The molecule has 0 spiro atoms. The number of halogens is 1. The van der Waals surface area contributed by atoms with Gasteiger partial charge >= 0.3 is 0 Å². The van der Waals surface area contributed by atoms with Crippen molar-refractivity contribution in [2.45, 2.75) is 38.5 Å². The van der Waals surface area contributed by atoms with Crippen molar-refractivity contribution in [1.82, 2.24) is 10.3 Å². The highest BCUT2D eigenvalue weighted by atomic mass is 19.1. The maximum absolute atomic E-state index is 14.5. The number of ether oxygens (including phenoxy) is 1. The van der Waals surface area contributed by atoms with Crippen molar-refractivity contribution >= 4 is 5.82 Å². The molecule has 3 rings (SSSR count). The van der Waals surface area contributed by atoms with Gasteiger partial charge in [0, 0.05) is 37.4 Å². The maximum Gasteiger partial charge on any atom is 0.170 e. The molecule has 1 unspecified atom stereocenters. The average Bonchev–Trinajstić information content (AvgIpc) is 3.22. The SMILES string of the molecule is CC1CN(c2nccc(CNC3CC3)c2F)CCO1. The van der Waals surface area contributed by atoms with Crippen molar-refractivity contribution in [3.63, 3.8) is 0 Å². The molecule has 0 bridgehead atoms. The zero-order valence-corrected chi connectivity index (χ0v) is 11.2. The standard InChI is InChI=1S/C14H20FN3O/c1-10-9-18(6-7-19-10)14-13(15)11(4-5-16-14)8-17-12-2-3-12/h4-5,10,12,17H,2-3,6-9H2,1H3. The number of nitrogens with one attached hydrogen (secondary N) is 1. The molecule has 4 nitrogen and oxygen atoms in total. The van der Waals surface area contributed by atoms with Gasteiger partial charge in [-0.2, -0.15) is 0 Å². The molecule has 1 atom stereocenters. The number of anilines is 1. The van der Waals surface area contributed by atoms with E-state index in [-0.39, 0.29) is 11.9 Å². The van der Waals surface area contributed by atoms with Gasteiger partial charge in [0.25, 0.3) is 0 Å². The summed E-state index contributed by atoms with van der Waals surface area (Å²) < 4.78 is 20.0. The van der Waals surface area contributed by atoms with Gasteiger partial charge in [-0.15, -0.1) is 0 Å². The third-order valence-corrected chi connectivity index (χ3v) is 3.65. The number of nitrogens with zero attached hydrogens (tertiary/aromatic N) is 2. The molecule has 0 aromatic carbocycles. The Morgan fingerprint density at radius 1 is 1.53 bits per heavy atom. The Balaban J connectivity index is 1.74. The van der Waals surface area contributed by atoms with Gasteiger partial charge in [-0.1, -0.05) is 0 Å². The van der Waals surface area contributed by atoms with Gasteiger partial charge in [-0.25, -0.2) is 9.37 Å². The minimum absolute atomic E-state index is 0.128. The van der Waals surface area contributed by atoms with Crippen LogP contribution in [0.1, 0.15) is 25.3 Å². The monoisotopic (exact) mass is 265 g/mol. The minimum Gasteiger partial charge on any atom is -0.375 e. The number of hydrogen-bond acceptors (Lipinski definition) is 4. The first-order valence-corrected chi connectivity index (χ1v) is 6.97. The van der Waals surface area contributed by atoms with Crippen LogP contribution in [0.3, 0.4) is 0 Å². The lowest BCUT2D eigenvalue weighted by Gasteiger charge is -2.32. The van der Waals surface area contributed by atoms with Crippen LogP contribution in [-0.4, -0.2) is 36.8 Å². The van der Waals surface area contributed by atoms with Crippen LogP contribution in [0.5, 0.6) is 0 Å². The molecule has 2 fully saturated rings. The Labute approximate surface area is 113 Å². The Bertz CT molecular complexity index is 450. The fraction of sp³-hybridized carbons (Fsp3) is 0.643. The van der Waals surface area contributed by atoms with Gasteiger partial charge in [0.05, 0.1) is 12.7 Å². The Morgan fingerprint density at radius 3 is 3.11 bits per heavy atom. The summed E-state index contributed by atoms with van der Waals surface area (Å²) in [5.41, 5.74) is 0.705. The Hall–Kier alpha value is -1.20. The van der Waals surface area contributed by atoms with Gasteiger partial charge in [-0.05, 0) is 25.8 Å². The Kier molecular flexibility index (Phi) is 3.66. The van der Waals surface area contributed by atoms with E-state index in [2.05, 4.69) is 10.3 Å². The van der Waals surface area contributed by atoms with Crippen LogP contribution < -0.4 is 10.2 Å². The lowest BCUT2D eigenvalue weighted by molar-refractivity contribution is 0.0527. The minimum atomic E-state index is -0.190. The summed E-state index contributed by atoms with van der Waals surface area (Å²) in [5, 5.41) is 3.34. The lowest BCUT2D eigenvalue weighted by atomic mass is 10.2. The van der Waals surface area contributed by atoms with E-state index in [1.807, 2.05) is 11.8 Å². The highest BCUT2D eigenvalue weighted by molar-refractivity contribution is 5.43. The molecule has 0 amide bonds. The number of hydrogen-bond donors (Lipinski definition) is 1. The Morgan fingerprint density at radius 2 is 2.37 bits per heavy atom. The van der Waals surface area contributed by atoms with Gasteiger partial charge in [0.1, 0.15) is 0 Å². The number of pyridine rings is 1. The molecular formula is C14H20FN3O. The first-order valence-electron chi connectivity index (χ1n) is 6.97. The van der Waals surface area contributed by atoms with E-state index in [1.165, 1.54) is 12.8 Å². The molecule has 1 saturated heterocycles. The van der Waals surface area contributed by atoms with Gasteiger partial charge in [-0.3, -0.25) is 0 Å². The quantitative estimate of drug-likeness (QED) is 0.899. The highest BCUT2D eigenvalue weighted by Gasteiger charge is 2.24. The second-order valence-electron chi connectivity index (χ2n) is 5.39. The summed E-state index contributed by atoms with van der Waals surface area (Å²) in [6.07, 6.45) is 4.24. The van der Waals surface area contributed by atoms with E-state index in [0.717, 1.165) is 0 Å². The van der Waals surface area contributed by atoms with Crippen LogP contribution in [0.15, 0.2) is 12.3 Å². The van der Waals surface area contributed by atoms with Gasteiger partial charge in [0.2, 0.25) is 0 Å². The second-order valence-corrected chi connectivity index (χ2v) is 5.39. The predicted molar refractivity (Wildman–Crippen MR) is 71.7 cm³/mol. The molecule has 5 heteroatoms. The van der Waals surface area contributed by atoms with Gasteiger partial charge in [0.15, 0.2) is 11.6 Å². The zero-order chi connectivity index (χ0) is 13.2. The molecule has 1 aromatic rings. The molecule has 2 aliphatic rings. The largest absolute Gasteiger partial charge is 0.375 e. The molecule has 0 radical (unpaired) electrons. The van der Waals surface area contributed by atoms with Crippen molar-refractivity contribution in [2.75, 3.05) is 24.6 Å². The van der Waals surface area contributed by atoms with Crippen LogP contribution in [-0.2, 0) is 11.3 Å². The summed E-state index contributed by atoms with van der Waals surface area (Å²) in [6.45, 7) is 4.62. The molecule has 1 N–H and O–H groups in total. The third kappa shape index (κ3) is 3.04. The van der Waals surface area contributed by atoms with Crippen LogP contribution in [0, 0.1) is 5.82 Å². The van der Waals surface area contributed by atoms with Crippen molar-refractivity contribution in [2.24, 2.45) is 0 Å². The van der Waals surface area contributed by atoms with Crippen molar-refractivity contribution < 1.29 is 9.13 Å². The lowest BCUT2D eigenvalue weighted by Crippen LogP contribution is -2.42. The van der Waals surface area contributed by atoms with E-state index in [9.17, 15) is 4.39 Å². The molecular weight excluding hydrogens is 245 g/mol. The normalized spacial score (nSPS) is 23.7. The van der Waals surface area contributed by atoms with Crippen LogP contribution >= 0.6 is 0 Å². The molecule has 1 aromatic heterocycles. The van der Waals surface area contributed by atoms with Crippen molar-refractivity contribution in [1.29, 1.82) is 0 Å². The highest BCUT2D eigenvalue weighted by Crippen LogP contribution is 2.23. The maximum atomic E-state index is 14.5. The number of aromatic nitrogens is 1. The van der Waals surface area contributed by atoms with Crippen LogP contribution in [0.25, 0.3) is 0 Å². The van der Waals surface area contributed by atoms with E-state index >= 15 is 0 Å². The molecule has 1 aliphatic heterocycles. The fourth-order valence-electron chi connectivity index (χ4n) is 2.38. The molecule has 1 saturated carbocycles. The average molecular weight is 265 g/mol. The van der Waals surface area contributed by atoms with Crippen LogP contribution in [0.2, 0.25) is 0 Å². The predicted octanol–water partition coefficient (Wildman–Crippen LogP) is 1.70. The topological polar surface area (TPSA) is 37.4 Å². The van der Waals surface area contributed by atoms with E-state index in [1.54, 1.807) is 12.3 Å². The summed E-state index contributed by atoms with van der Waals surface area (Å²) >= 11 is 0. The zero-order valence-electron chi connectivity index (χ0n) is 11.2. The number of morpholine rings is 1. The number of rotatable bonds is 4. The van der Waals surface area contributed by atoms with E-state index < -0.39 is 0 Å². The summed E-state index contributed by atoms with van der Waals surface area (Å²) in [7, 11) is 0. The fourth-order valence-corrected chi connectivity index (χ4v) is 2.38. The summed E-state index contributed by atoms with van der Waals surface area (Å²) in [6, 6.07) is 2.34. The molecule has 19 heavy (non-hydrogen) atoms. The summed E-state index contributed by atoms with van der Waals surface area (Å²) in [4.78, 5) is 6.18.